The molecular weight excluding hydrogens is 348 g/mol. The van der Waals surface area contributed by atoms with Gasteiger partial charge in [-0.2, -0.15) is 0 Å². The van der Waals surface area contributed by atoms with Gasteiger partial charge in [0.2, 0.25) is 0 Å². The smallest absolute Gasteiger partial charge is 0.407 e. The molecule has 8 nitrogen and oxygen atoms in total. The third-order valence-corrected chi connectivity index (χ3v) is 5.61. The number of sulfone groups is 1. The number of nitrogens with one attached hydrogen (secondary N) is 1. The summed E-state index contributed by atoms with van der Waals surface area (Å²) in [5, 5.41) is 13.3. The van der Waals surface area contributed by atoms with Crippen LogP contribution in [0.2, 0.25) is 0 Å². The van der Waals surface area contributed by atoms with E-state index in [9.17, 15) is 23.3 Å². The average molecular weight is 362 g/mol. The fourth-order valence-electron chi connectivity index (χ4n) is 2.62. The summed E-state index contributed by atoms with van der Waals surface area (Å²) in [5.74, 6) is -0.357. The Morgan fingerprint density at radius 1 is 1.24 bits per heavy atom. The molecule has 0 saturated heterocycles. The second-order valence-corrected chi connectivity index (χ2v) is 7.52. The molecule has 1 aliphatic rings. The Hall–Kier alpha value is -2.94. The summed E-state index contributed by atoms with van der Waals surface area (Å²) in [7, 11) is -3.70. The molecule has 3 rings (SSSR count). The predicted octanol–water partition coefficient (Wildman–Crippen LogP) is 2.35. The van der Waals surface area contributed by atoms with Crippen LogP contribution >= 0.6 is 0 Å². The Morgan fingerprint density at radius 3 is 2.64 bits per heavy atom. The highest BCUT2D eigenvalue weighted by atomic mass is 32.2. The van der Waals surface area contributed by atoms with Crippen molar-refractivity contribution in [2.75, 3.05) is 5.75 Å². The van der Waals surface area contributed by atoms with Crippen molar-refractivity contribution in [2.45, 2.75) is 17.5 Å². The zero-order chi connectivity index (χ0) is 18.0. The summed E-state index contributed by atoms with van der Waals surface area (Å²) >= 11 is 0. The first kappa shape index (κ1) is 16.9. The quantitative estimate of drug-likeness (QED) is 0.659. The average Bonchev–Trinajstić information content (AvgIpc) is 2.84. The minimum absolute atomic E-state index is 0.0548. The second kappa shape index (κ2) is 6.52. The molecule has 0 aliphatic carbocycles. The van der Waals surface area contributed by atoms with Gasteiger partial charge in [-0.1, -0.05) is 30.3 Å². The minimum Gasteiger partial charge on any atom is -0.445 e. The number of carbonyl (C=O) groups is 1. The molecule has 2 aromatic carbocycles. The van der Waals surface area contributed by atoms with Crippen LogP contribution in [-0.4, -0.2) is 25.2 Å². The minimum atomic E-state index is -3.70. The van der Waals surface area contributed by atoms with Crippen molar-refractivity contribution in [3.8, 4) is 0 Å². The van der Waals surface area contributed by atoms with Crippen molar-refractivity contribution in [1.29, 1.82) is 0 Å². The van der Waals surface area contributed by atoms with Crippen LogP contribution in [0.5, 0.6) is 0 Å². The van der Waals surface area contributed by atoms with Crippen LogP contribution in [0.1, 0.15) is 17.2 Å². The van der Waals surface area contributed by atoms with Gasteiger partial charge in [-0.3, -0.25) is 10.1 Å². The summed E-state index contributed by atoms with van der Waals surface area (Å²) in [6, 6.07) is 11.8. The Bertz CT molecular complexity index is 927. The van der Waals surface area contributed by atoms with E-state index in [1.165, 1.54) is 12.1 Å². The molecule has 0 spiro atoms. The summed E-state index contributed by atoms with van der Waals surface area (Å²) in [6.45, 7) is 0.0548. The lowest BCUT2D eigenvalue weighted by molar-refractivity contribution is -0.385. The normalized spacial score (nSPS) is 17.5. The first-order valence-corrected chi connectivity index (χ1v) is 9.00. The summed E-state index contributed by atoms with van der Waals surface area (Å²) < 4.78 is 29.5. The molecule has 1 aliphatic heterocycles. The number of hydrogen-bond acceptors (Lipinski definition) is 6. The molecule has 0 fully saturated rings. The maximum absolute atomic E-state index is 12.2. The van der Waals surface area contributed by atoms with Gasteiger partial charge in [0.1, 0.15) is 6.61 Å². The van der Waals surface area contributed by atoms with Gasteiger partial charge in [0.05, 0.1) is 21.6 Å². The number of nitro benzene ring substituents is 1. The van der Waals surface area contributed by atoms with Crippen molar-refractivity contribution >= 4 is 21.6 Å². The summed E-state index contributed by atoms with van der Waals surface area (Å²) in [5.41, 5.74) is 0.810. The van der Waals surface area contributed by atoms with E-state index in [0.717, 1.165) is 11.6 Å². The highest BCUT2D eigenvalue weighted by Gasteiger charge is 2.37. The molecule has 0 saturated carbocycles. The number of hydrogen-bond donors (Lipinski definition) is 1. The van der Waals surface area contributed by atoms with E-state index in [2.05, 4.69) is 5.32 Å². The van der Waals surface area contributed by atoms with E-state index >= 15 is 0 Å². The number of non-ortho nitro benzene ring substituents is 1. The van der Waals surface area contributed by atoms with Crippen LogP contribution in [0, 0.1) is 10.1 Å². The molecule has 1 heterocycles. The van der Waals surface area contributed by atoms with Gasteiger partial charge in [0, 0.05) is 12.1 Å². The lowest BCUT2D eigenvalue weighted by atomic mass is 10.1. The maximum Gasteiger partial charge on any atom is 0.407 e. The van der Waals surface area contributed by atoms with Crippen molar-refractivity contribution in [1.82, 2.24) is 5.32 Å². The third-order valence-electron chi connectivity index (χ3n) is 3.81. The number of ether oxygens (including phenoxy) is 1. The maximum atomic E-state index is 12.2. The van der Waals surface area contributed by atoms with E-state index in [1.807, 2.05) is 18.2 Å². The number of rotatable bonds is 4. The molecule has 1 amide bonds. The molecule has 25 heavy (non-hydrogen) atoms. The topological polar surface area (TPSA) is 116 Å². The van der Waals surface area contributed by atoms with E-state index in [0.29, 0.717) is 5.56 Å². The molecule has 0 radical (unpaired) electrons. The first-order chi connectivity index (χ1) is 11.9. The highest BCUT2D eigenvalue weighted by molar-refractivity contribution is 7.91. The standard InChI is InChI=1S/C16H14N2O6S/c19-16(24-9-11-4-2-1-3-5-11)17-14-10-25(22,23)15-8-12(18(20)21)6-7-13(14)15/h1-8,14H,9-10H2,(H,17,19). The summed E-state index contributed by atoms with van der Waals surface area (Å²) in [6.07, 6.45) is -0.754. The number of nitrogens with zero attached hydrogens (tertiary/aromatic N) is 1. The fourth-order valence-corrected chi connectivity index (χ4v) is 4.37. The van der Waals surface area contributed by atoms with Crippen molar-refractivity contribution in [3.63, 3.8) is 0 Å². The molecule has 130 valence electrons. The van der Waals surface area contributed by atoms with Gasteiger partial charge in [0.25, 0.3) is 5.69 Å². The van der Waals surface area contributed by atoms with Gasteiger partial charge in [-0.05, 0) is 17.2 Å². The molecular formula is C16H14N2O6S. The molecule has 2 aromatic rings. The largest absolute Gasteiger partial charge is 0.445 e. The van der Waals surface area contributed by atoms with Crippen LogP contribution in [0.15, 0.2) is 53.4 Å². The Balaban J connectivity index is 1.72. The molecule has 9 heteroatoms. The number of carbonyl (C=O) groups excluding carboxylic acids is 1. The number of benzene rings is 2. The first-order valence-electron chi connectivity index (χ1n) is 7.35. The monoisotopic (exact) mass is 362 g/mol. The van der Waals surface area contributed by atoms with Crippen LogP contribution < -0.4 is 5.32 Å². The molecule has 0 aromatic heterocycles. The molecule has 1 atom stereocenters. The number of nitro groups is 1. The third kappa shape index (κ3) is 3.61. The van der Waals surface area contributed by atoms with Crippen molar-refractivity contribution < 1.29 is 22.9 Å². The Morgan fingerprint density at radius 2 is 1.96 bits per heavy atom. The summed E-state index contributed by atoms with van der Waals surface area (Å²) in [4.78, 5) is 22.0. The zero-order valence-electron chi connectivity index (χ0n) is 12.9. The second-order valence-electron chi connectivity index (χ2n) is 5.52. The molecule has 1 unspecified atom stereocenters. The van der Waals surface area contributed by atoms with E-state index < -0.39 is 26.9 Å². The zero-order valence-corrected chi connectivity index (χ0v) is 13.7. The van der Waals surface area contributed by atoms with Gasteiger partial charge < -0.3 is 10.1 Å². The van der Waals surface area contributed by atoms with Crippen molar-refractivity contribution in [2.24, 2.45) is 0 Å². The van der Waals surface area contributed by atoms with Gasteiger partial charge in [-0.25, -0.2) is 13.2 Å². The van der Waals surface area contributed by atoms with Gasteiger partial charge in [0.15, 0.2) is 9.84 Å². The lowest BCUT2D eigenvalue weighted by Crippen LogP contribution is -2.30. The van der Waals surface area contributed by atoms with Crippen LogP contribution in [0.25, 0.3) is 0 Å². The lowest BCUT2D eigenvalue weighted by Gasteiger charge is -2.13. The SMILES string of the molecule is O=C(NC1CS(=O)(=O)c2cc([N+](=O)[O-])ccc21)OCc1ccccc1. The number of alkyl carbamates (subject to hydrolysis) is 1. The van der Waals surface area contributed by atoms with E-state index in [4.69, 9.17) is 4.74 Å². The van der Waals surface area contributed by atoms with Crippen LogP contribution in [0.4, 0.5) is 10.5 Å². The van der Waals surface area contributed by atoms with Crippen molar-refractivity contribution in [3.05, 3.63) is 69.8 Å². The van der Waals surface area contributed by atoms with E-state index in [1.54, 1.807) is 12.1 Å². The molecule has 0 bridgehead atoms. The predicted molar refractivity (Wildman–Crippen MR) is 87.7 cm³/mol. The number of fused-ring (bicyclic) bond motifs is 1. The Kier molecular flexibility index (Phi) is 4.41. The fraction of sp³-hybridized carbons (Fsp3) is 0.188. The van der Waals surface area contributed by atoms with Crippen LogP contribution in [-0.2, 0) is 21.2 Å². The Labute approximate surface area is 143 Å². The van der Waals surface area contributed by atoms with Gasteiger partial charge in [-0.15, -0.1) is 0 Å². The van der Waals surface area contributed by atoms with Gasteiger partial charge >= 0.3 is 6.09 Å². The highest BCUT2D eigenvalue weighted by Crippen LogP contribution is 2.35. The molecule has 1 N–H and O–H groups in total. The van der Waals surface area contributed by atoms with Crippen LogP contribution in [0.3, 0.4) is 0 Å². The van der Waals surface area contributed by atoms with E-state index in [-0.39, 0.29) is 22.9 Å². The number of amides is 1.